The van der Waals surface area contributed by atoms with Crippen molar-refractivity contribution >= 4 is 40.8 Å². The molecule has 8 heteroatoms. The first-order valence-corrected chi connectivity index (χ1v) is 12.5. The van der Waals surface area contributed by atoms with Gasteiger partial charge < -0.3 is 15.1 Å². The Balaban J connectivity index is 1.32. The molecular weight excluding hydrogens is 430 g/mol. The van der Waals surface area contributed by atoms with Crippen molar-refractivity contribution in [3.63, 3.8) is 0 Å². The molecule has 166 valence electrons. The quantitative estimate of drug-likeness (QED) is 0.394. The molecule has 0 atom stereocenters. The lowest BCUT2D eigenvalue weighted by atomic mass is 9.95. The van der Waals surface area contributed by atoms with E-state index in [1.165, 1.54) is 42.3 Å². The molecular formula is C23H30ClN5OS. The van der Waals surface area contributed by atoms with Crippen molar-refractivity contribution in [1.29, 1.82) is 0 Å². The van der Waals surface area contributed by atoms with Crippen LogP contribution >= 0.6 is 23.4 Å². The molecule has 2 aliphatic rings. The number of carbonyl (C=O) groups is 1. The third-order valence-electron chi connectivity index (χ3n) is 6.02. The molecule has 1 aromatic heterocycles. The Hall–Kier alpha value is -1.99. The third-order valence-corrected chi connectivity index (χ3v) is 7.06. The molecule has 0 spiro atoms. The van der Waals surface area contributed by atoms with E-state index >= 15 is 0 Å². The van der Waals surface area contributed by atoms with Gasteiger partial charge in [-0.15, -0.1) is 0 Å². The molecule has 1 aliphatic carbocycles. The van der Waals surface area contributed by atoms with Crippen molar-refractivity contribution in [2.24, 2.45) is 0 Å². The zero-order chi connectivity index (χ0) is 21.6. The van der Waals surface area contributed by atoms with Crippen LogP contribution in [-0.2, 0) is 4.79 Å². The Kier molecular flexibility index (Phi) is 7.56. The monoisotopic (exact) mass is 459 g/mol. The van der Waals surface area contributed by atoms with Crippen LogP contribution in [0.4, 0.5) is 11.5 Å². The number of aromatic nitrogens is 2. The maximum Gasteiger partial charge on any atom is 0.230 e. The van der Waals surface area contributed by atoms with E-state index < -0.39 is 0 Å². The minimum absolute atomic E-state index is 0.0499. The number of para-hydroxylation sites is 1. The predicted molar refractivity (Wildman–Crippen MR) is 128 cm³/mol. The number of carbonyl (C=O) groups excluding carboxylic acids is 1. The zero-order valence-corrected chi connectivity index (χ0v) is 19.6. The number of thioether (sulfide) groups is 1. The first-order chi connectivity index (χ1) is 15.1. The summed E-state index contributed by atoms with van der Waals surface area (Å²) < 4.78 is 0. The molecule has 2 aromatic rings. The number of hydrogen-bond donors (Lipinski definition) is 1. The van der Waals surface area contributed by atoms with E-state index in [0.29, 0.717) is 22.1 Å². The van der Waals surface area contributed by atoms with Crippen molar-refractivity contribution in [2.75, 3.05) is 41.7 Å². The summed E-state index contributed by atoms with van der Waals surface area (Å²) in [7, 11) is 0. The number of nitrogens with zero attached hydrogens (tertiary/aromatic N) is 4. The van der Waals surface area contributed by atoms with Crippen LogP contribution in [0.5, 0.6) is 0 Å². The average Bonchev–Trinajstić information content (AvgIpc) is 2.79. The van der Waals surface area contributed by atoms with Crippen molar-refractivity contribution < 1.29 is 4.79 Å². The van der Waals surface area contributed by atoms with Gasteiger partial charge in [0.05, 0.1) is 5.75 Å². The van der Waals surface area contributed by atoms with Crippen molar-refractivity contribution in [1.82, 2.24) is 15.3 Å². The van der Waals surface area contributed by atoms with E-state index in [-0.39, 0.29) is 5.91 Å². The lowest BCUT2D eigenvalue weighted by Crippen LogP contribution is -2.47. The van der Waals surface area contributed by atoms with Gasteiger partial charge in [-0.2, -0.15) is 0 Å². The second kappa shape index (κ2) is 10.6. The van der Waals surface area contributed by atoms with Crippen LogP contribution in [0, 0.1) is 6.92 Å². The highest BCUT2D eigenvalue weighted by Crippen LogP contribution is 2.25. The predicted octanol–water partition coefficient (Wildman–Crippen LogP) is 4.31. The Morgan fingerprint density at radius 3 is 2.55 bits per heavy atom. The van der Waals surface area contributed by atoms with Gasteiger partial charge in [-0.05, 0) is 31.4 Å². The zero-order valence-electron chi connectivity index (χ0n) is 18.0. The molecule has 2 fully saturated rings. The first-order valence-electron chi connectivity index (χ1n) is 11.1. The van der Waals surface area contributed by atoms with Crippen LogP contribution in [0.25, 0.3) is 0 Å². The minimum atomic E-state index is 0.0499. The molecule has 0 unspecified atom stereocenters. The van der Waals surface area contributed by atoms with Crippen LogP contribution in [0.15, 0.2) is 35.5 Å². The molecule has 6 nitrogen and oxygen atoms in total. The van der Waals surface area contributed by atoms with Gasteiger partial charge in [0, 0.05) is 44.0 Å². The number of benzene rings is 1. The van der Waals surface area contributed by atoms with Crippen molar-refractivity contribution in [3.8, 4) is 0 Å². The fourth-order valence-electron chi connectivity index (χ4n) is 4.35. The Labute approximate surface area is 193 Å². The van der Waals surface area contributed by atoms with Gasteiger partial charge in [-0.3, -0.25) is 4.79 Å². The molecule has 1 saturated heterocycles. The molecule has 1 aromatic carbocycles. The highest BCUT2D eigenvalue weighted by Gasteiger charge is 2.21. The Morgan fingerprint density at radius 2 is 1.81 bits per heavy atom. The van der Waals surface area contributed by atoms with Gasteiger partial charge in [0.25, 0.3) is 0 Å². The van der Waals surface area contributed by atoms with Gasteiger partial charge in [0.1, 0.15) is 11.0 Å². The van der Waals surface area contributed by atoms with Gasteiger partial charge >= 0.3 is 0 Å². The first kappa shape index (κ1) is 22.2. The summed E-state index contributed by atoms with van der Waals surface area (Å²) >= 11 is 7.64. The van der Waals surface area contributed by atoms with Crippen LogP contribution in [0.2, 0.25) is 5.15 Å². The molecule has 31 heavy (non-hydrogen) atoms. The number of halogens is 1. The lowest BCUT2D eigenvalue weighted by Gasteiger charge is -2.37. The second-order valence-electron chi connectivity index (χ2n) is 8.28. The van der Waals surface area contributed by atoms with E-state index in [0.717, 1.165) is 44.8 Å². The number of anilines is 2. The normalized spacial score (nSPS) is 17.6. The fourth-order valence-corrected chi connectivity index (χ4v) is 5.25. The average molecular weight is 460 g/mol. The second-order valence-corrected chi connectivity index (χ2v) is 9.61. The molecule has 2 heterocycles. The smallest absolute Gasteiger partial charge is 0.230 e. The summed E-state index contributed by atoms with van der Waals surface area (Å²) in [6, 6.07) is 10.6. The molecule has 0 bridgehead atoms. The summed E-state index contributed by atoms with van der Waals surface area (Å²) in [5.41, 5.74) is 2.59. The van der Waals surface area contributed by atoms with Crippen LogP contribution in [0.1, 0.15) is 37.7 Å². The maximum atomic E-state index is 12.3. The molecule has 1 aliphatic heterocycles. The summed E-state index contributed by atoms with van der Waals surface area (Å²) in [4.78, 5) is 26.0. The van der Waals surface area contributed by atoms with E-state index in [1.54, 1.807) is 0 Å². The van der Waals surface area contributed by atoms with E-state index in [4.69, 9.17) is 11.6 Å². The van der Waals surface area contributed by atoms with Gasteiger partial charge in [-0.1, -0.05) is 60.8 Å². The van der Waals surface area contributed by atoms with Crippen LogP contribution in [-0.4, -0.2) is 53.8 Å². The summed E-state index contributed by atoms with van der Waals surface area (Å²) in [5, 5.41) is 4.12. The molecule has 1 N–H and O–H groups in total. The highest BCUT2D eigenvalue weighted by molar-refractivity contribution is 7.99. The Morgan fingerprint density at radius 1 is 1.10 bits per heavy atom. The van der Waals surface area contributed by atoms with Crippen molar-refractivity contribution in [3.05, 3.63) is 41.0 Å². The highest BCUT2D eigenvalue weighted by atomic mass is 35.5. The maximum absolute atomic E-state index is 12.3. The number of aryl methyl sites for hydroxylation is 1. The summed E-state index contributed by atoms with van der Waals surface area (Å²) in [6.07, 6.45) is 5.86. The van der Waals surface area contributed by atoms with Crippen molar-refractivity contribution in [2.45, 2.75) is 50.2 Å². The number of nitrogens with one attached hydrogen (secondary N) is 1. The molecule has 1 saturated carbocycles. The fraction of sp³-hybridized carbons (Fsp3) is 0.522. The number of rotatable bonds is 6. The number of amides is 1. The van der Waals surface area contributed by atoms with Crippen LogP contribution in [0.3, 0.4) is 0 Å². The molecule has 4 rings (SSSR count). The summed E-state index contributed by atoms with van der Waals surface area (Å²) in [5.74, 6) is 1.20. The number of piperazine rings is 1. The summed E-state index contributed by atoms with van der Waals surface area (Å²) in [6.45, 7) is 5.75. The largest absolute Gasteiger partial charge is 0.368 e. The van der Waals surface area contributed by atoms with Gasteiger partial charge in [-0.25, -0.2) is 9.97 Å². The van der Waals surface area contributed by atoms with Gasteiger partial charge in [0.2, 0.25) is 5.91 Å². The topological polar surface area (TPSA) is 61.4 Å². The third kappa shape index (κ3) is 6.04. The van der Waals surface area contributed by atoms with E-state index in [2.05, 4.69) is 56.3 Å². The Bertz CT molecular complexity index is 897. The van der Waals surface area contributed by atoms with E-state index in [1.807, 2.05) is 6.07 Å². The molecule has 1 amide bonds. The lowest BCUT2D eigenvalue weighted by molar-refractivity contribution is -0.119. The standard InChI is InChI=1S/C23H30ClN5OS/c1-17-7-5-6-10-19(17)28-11-13-29(14-12-28)21-15-20(24)26-23(27-21)31-16-22(30)25-18-8-3-2-4-9-18/h5-7,10,15,18H,2-4,8-9,11-14,16H2,1H3,(H,25,30). The SMILES string of the molecule is Cc1ccccc1N1CCN(c2cc(Cl)nc(SCC(=O)NC3CCCCC3)n2)CC1. The van der Waals surface area contributed by atoms with E-state index in [9.17, 15) is 4.79 Å². The van der Waals surface area contributed by atoms with Crippen LogP contribution < -0.4 is 15.1 Å². The molecule has 0 radical (unpaired) electrons. The minimum Gasteiger partial charge on any atom is -0.368 e. The number of hydrogen-bond acceptors (Lipinski definition) is 6. The van der Waals surface area contributed by atoms with Gasteiger partial charge in [0.15, 0.2) is 5.16 Å².